The van der Waals surface area contributed by atoms with Crippen molar-refractivity contribution < 1.29 is 0 Å². The molecule has 0 atom stereocenters. The molecular weight excluding hydrogens is 190 g/mol. The third-order valence-electron chi connectivity index (χ3n) is 1.12. The summed E-state index contributed by atoms with van der Waals surface area (Å²) < 4.78 is 0. The maximum absolute atomic E-state index is 3.87. The summed E-state index contributed by atoms with van der Waals surface area (Å²) in [7, 11) is 2.05. The zero-order valence-corrected chi connectivity index (χ0v) is 8.02. The maximum Gasteiger partial charge on any atom is 0.0251 e. The Labute approximate surface area is 71.5 Å². The van der Waals surface area contributed by atoms with Crippen molar-refractivity contribution in [3.8, 4) is 0 Å². The molecular formula is C8H14BrN. The fourth-order valence-electron chi connectivity index (χ4n) is 0.709. The first kappa shape index (κ1) is 9.92. The van der Waals surface area contributed by atoms with E-state index in [4.69, 9.17) is 0 Å². The van der Waals surface area contributed by atoms with Crippen molar-refractivity contribution in [1.29, 1.82) is 0 Å². The van der Waals surface area contributed by atoms with Crippen LogP contribution in [0.3, 0.4) is 0 Å². The highest BCUT2D eigenvalue weighted by Crippen LogP contribution is 1.97. The van der Waals surface area contributed by atoms with Crippen molar-refractivity contribution in [2.45, 2.75) is 0 Å². The maximum atomic E-state index is 3.87. The van der Waals surface area contributed by atoms with Crippen LogP contribution in [0.5, 0.6) is 0 Å². The second kappa shape index (κ2) is 5.69. The van der Waals surface area contributed by atoms with Crippen LogP contribution < -0.4 is 0 Å². The van der Waals surface area contributed by atoms with E-state index >= 15 is 0 Å². The molecule has 0 saturated carbocycles. The molecule has 0 aromatic heterocycles. The molecule has 0 radical (unpaired) electrons. The minimum absolute atomic E-state index is 0.883. The molecule has 0 spiro atoms. The van der Waals surface area contributed by atoms with E-state index in [9.17, 15) is 0 Å². The standard InChI is InChI=1S/C8H14BrN/c1-4-5-10(3)7-8(2)6-9/h4H,1-2,5-7H2,3H3. The van der Waals surface area contributed by atoms with Gasteiger partial charge in [-0.05, 0) is 7.05 Å². The van der Waals surface area contributed by atoms with Crippen LogP contribution in [-0.2, 0) is 0 Å². The molecule has 58 valence electrons. The topological polar surface area (TPSA) is 3.24 Å². The first-order chi connectivity index (χ1) is 4.70. The lowest BCUT2D eigenvalue weighted by molar-refractivity contribution is 0.404. The molecule has 0 aromatic rings. The fourth-order valence-corrected chi connectivity index (χ4v) is 0.886. The molecule has 2 heteroatoms. The van der Waals surface area contributed by atoms with Crippen LogP contribution in [-0.4, -0.2) is 30.4 Å². The van der Waals surface area contributed by atoms with Crippen LogP contribution in [0.1, 0.15) is 0 Å². The van der Waals surface area contributed by atoms with Gasteiger partial charge in [0, 0.05) is 18.4 Å². The van der Waals surface area contributed by atoms with Gasteiger partial charge in [0.15, 0.2) is 0 Å². The van der Waals surface area contributed by atoms with Crippen LogP contribution >= 0.6 is 15.9 Å². The molecule has 0 rings (SSSR count). The van der Waals surface area contributed by atoms with E-state index in [1.807, 2.05) is 6.08 Å². The van der Waals surface area contributed by atoms with Gasteiger partial charge in [0.05, 0.1) is 0 Å². The van der Waals surface area contributed by atoms with Crippen molar-refractivity contribution in [3.05, 3.63) is 24.8 Å². The Morgan fingerprint density at radius 1 is 1.70 bits per heavy atom. The van der Waals surface area contributed by atoms with E-state index in [0.717, 1.165) is 18.4 Å². The number of hydrogen-bond acceptors (Lipinski definition) is 1. The van der Waals surface area contributed by atoms with Crippen LogP contribution in [0.2, 0.25) is 0 Å². The van der Waals surface area contributed by atoms with Gasteiger partial charge in [-0.1, -0.05) is 34.2 Å². The van der Waals surface area contributed by atoms with Crippen LogP contribution in [0.15, 0.2) is 24.8 Å². The van der Waals surface area contributed by atoms with Gasteiger partial charge in [0.25, 0.3) is 0 Å². The predicted octanol–water partition coefficient (Wildman–Crippen LogP) is 2.06. The first-order valence-electron chi connectivity index (χ1n) is 3.22. The molecule has 0 aromatic carbocycles. The molecule has 0 heterocycles. The molecule has 0 amide bonds. The second-order valence-corrected chi connectivity index (χ2v) is 2.93. The lowest BCUT2D eigenvalue weighted by Crippen LogP contribution is -2.20. The zero-order valence-electron chi connectivity index (χ0n) is 6.44. The Kier molecular flexibility index (Phi) is 5.64. The average Bonchev–Trinajstić information content (AvgIpc) is 1.88. The molecule has 0 fully saturated rings. The largest absolute Gasteiger partial charge is 0.299 e. The number of likely N-dealkylation sites (N-methyl/N-ethyl adjacent to an activating group) is 1. The molecule has 0 bridgehead atoms. The van der Waals surface area contributed by atoms with E-state index in [1.54, 1.807) is 0 Å². The molecule has 0 aliphatic carbocycles. The summed E-state index contributed by atoms with van der Waals surface area (Å²) in [6, 6.07) is 0. The van der Waals surface area contributed by atoms with Gasteiger partial charge in [-0.2, -0.15) is 0 Å². The van der Waals surface area contributed by atoms with E-state index in [0.29, 0.717) is 0 Å². The highest BCUT2D eigenvalue weighted by Gasteiger charge is 1.96. The zero-order chi connectivity index (χ0) is 7.98. The van der Waals surface area contributed by atoms with Crippen molar-refractivity contribution in [1.82, 2.24) is 4.90 Å². The number of nitrogens with zero attached hydrogens (tertiary/aromatic N) is 1. The fraction of sp³-hybridized carbons (Fsp3) is 0.500. The lowest BCUT2D eigenvalue weighted by Gasteiger charge is -2.13. The summed E-state index contributed by atoms with van der Waals surface area (Å²) >= 11 is 3.34. The SMILES string of the molecule is C=CCN(C)CC(=C)CBr. The Balaban J connectivity index is 3.46. The smallest absolute Gasteiger partial charge is 0.0251 e. The summed E-state index contributed by atoms with van der Waals surface area (Å²) in [5, 5.41) is 0.883. The molecule has 0 aliphatic rings. The van der Waals surface area contributed by atoms with Crippen molar-refractivity contribution in [2.75, 3.05) is 25.5 Å². The van der Waals surface area contributed by atoms with Crippen LogP contribution in [0.25, 0.3) is 0 Å². The Bertz CT molecular complexity index is 120. The van der Waals surface area contributed by atoms with Crippen molar-refractivity contribution in [3.63, 3.8) is 0 Å². The molecule has 10 heavy (non-hydrogen) atoms. The summed E-state index contributed by atoms with van der Waals surface area (Å²) in [6.07, 6.45) is 1.89. The highest BCUT2D eigenvalue weighted by atomic mass is 79.9. The van der Waals surface area contributed by atoms with Gasteiger partial charge >= 0.3 is 0 Å². The van der Waals surface area contributed by atoms with Gasteiger partial charge in [-0.3, -0.25) is 4.90 Å². The quantitative estimate of drug-likeness (QED) is 0.489. The van der Waals surface area contributed by atoms with E-state index in [-0.39, 0.29) is 0 Å². The van der Waals surface area contributed by atoms with Gasteiger partial charge in [0.2, 0.25) is 0 Å². The highest BCUT2D eigenvalue weighted by molar-refractivity contribution is 9.09. The van der Waals surface area contributed by atoms with E-state index < -0.39 is 0 Å². The monoisotopic (exact) mass is 203 g/mol. The average molecular weight is 204 g/mol. The van der Waals surface area contributed by atoms with Gasteiger partial charge in [0.1, 0.15) is 0 Å². The van der Waals surface area contributed by atoms with Gasteiger partial charge in [-0.25, -0.2) is 0 Å². The lowest BCUT2D eigenvalue weighted by atomic mass is 10.3. The number of hydrogen-bond donors (Lipinski definition) is 0. The van der Waals surface area contributed by atoms with E-state index in [2.05, 4.69) is 41.0 Å². The first-order valence-corrected chi connectivity index (χ1v) is 4.35. The number of alkyl halides is 1. The number of rotatable bonds is 5. The van der Waals surface area contributed by atoms with Crippen molar-refractivity contribution >= 4 is 15.9 Å². The summed E-state index contributed by atoms with van der Waals surface area (Å²) in [4.78, 5) is 2.16. The Morgan fingerprint density at radius 2 is 2.30 bits per heavy atom. The Morgan fingerprint density at radius 3 is 2.70 bits per heavy atom. The molecule has 1 nitrogen and oxygen atoms in total. The summed E-state index contributed by atoms with van der Waals surface area (Å²) in [5.74, 6) is 0. The molecule has 0 aliphatic heterocycles. The molecule has 0 saturated heterocycles. The van der Waals surface area contributed by atoms with Gasteiger partial charge < -0.3 is 0 Å². The third kappa shape index (κ3) is 4.77. The minimum Gasteiger partial charge on any atom is -0.299 e. The van der Waals surface area contributed by atoms with Crippen LogP contribution in [0, 0.1) is 0 Å². The Hall–Kier alpha value is -0.0800. The van der Waals surface area contributed by atoms with E-state index in [1.165, 1.54) is 5.57 Å². The normalized spacial score (nSPS) is 9.90. The third-order valence-corrected chi connectivity index (χ3v) is 1.92. The molecule has 0 N–H and O–H groups in total. The predicted molar refractivity (Wildman–Crippen MR) is 50.6 cm³/mol. The summed E-state index contributed by atoms with van der Waals surface area (Å²) in [6.45, 7) is 9.39. The van der Waals surface area contributed by atoms with Crippen molar-refractivity contribution in [2.24, 2.45) is 0 Å². The van der Waals surface area contributed by atoms with Crippen LogP contribution in [0.4, 0.5) is 0 Å². The molecule has 0 unspecified atom stereocenters. The summed E-state index contributed by atoms with van der Waals surface area (Å²) in [5.41, 5.74) is 1.20. The number of halogens is 1. The van der Waals surface area contributed by atoms with Gasteiger partial charge in [-0.15, -0.1) is 6.58 Å². The minimum atomic E-state index is 0.883. The second-order valence-electron chi connectivity index (χ2n) is 2.37.